The first-order valence-corrected chi connectivity index (χ1v) is 9.53. The van der Waals surface area contributed by atoms with Gasteiger partial charge in [0, 0.05) is 13.0 Å². The van der Waals surface area contributed by atoms with Crippen LogP contribution in [0.3, 0.4) is 0 Å². The molecule has 1 amide bonds. The second kappa shape index (κ2) is 7.95. The summed E-state index contributed by atoms with van der Waals surface area (Å²) in [7, 11) is 0. The highest BCUT2D eigenvalue weighted by Gasteiger charge is 2.38. The first-order valence-electron chi connectivity index (χ1n) is 9.53. The summed E-state index contributed by atoms with van der Waals surface area (Å²) < 4.78 is 5.74. The Morgan fingerprint density at radius 1 is 1.11 bits per heavy atom. The van der Waals surface area contributed by atoms with Gasteiger partial charge in [-0.2, -0.15) is 0 Å². The monoisotopic (exact) mass is 365 g/mol. The van der Waals surface area contributed by atoms with E-state index in [1.165, 1.54) is 0 Å². The number of carbonyl (C=O) groups excluding carboxylic acids is 2. The first kappa shape index (κ1) is 19.2. The third-order valence-corrected chi connectivity index (χ3v) is 5.24. The summed E-state index contributed by atoms with van der Waals surface area (Å²) in [5, 5.41) is 0. The van der Waals surface area contributed by atoms with Crippen LogP contribution < -0.4 is 4.74 Å². The summed E-state index contributed by atoms with van der Waals surface area (Å²) in [6, 6.07) is 15.8. The van der Waals surface area contributed by atoms with Crippen molar-refractivity contribution in [3.8, 4) is 5.75 Å². The van der Waals surface area contributed by atoms with Crippen molar-refractivity contribution >= 4 is 11.9 Å². The maximum absolute atomic E-state index is 12.7. The molecule has 2 atom stereocenters. The van der Waals surface area contributed by atoms with E-state index < -0.39 is 5.92 Å². The van der Waals surface area contributed by atoms with Gasteiger partial charge in [0.1, 0.15) is 5.75 Å². The van der Waals surface area contributed by atoms with Crippen LogP contribution in [0.2, 0.25) is 0 Å². The van der Waals surface area contributed by atoms with E-state index in [-0.39, 0.29) is 30.3 Å². The van der Waals surface area contributed by atoms with Gasteiger partial charge in [0.25, 0.3) is 0 Å². The van der Waals surface area contributed by atoms with E-state index in [9.17, 15) is 9.59 Å². The SMILES string of the molecule is Cc1ccc(C(C)C)c(OC(=O)[C@H]2CC(=O)N([C@@H](C)c3ccccc3)C2)c1. The van der Waals surface area contributed by atoms with E-state index in [2.05, 4.69) is 13.8 Å². The van der Waals surface area contributed by atoms with Gasteiger partial charge in [-0.25, -0.2) is 0 Å². The number of amides is 1. The standard InChI is InChI=1S/C23H27NO3/c1-15(2)20-11-10-16(3)12-21(20)27-23(26)19-13-22(25)24(14-19)17(4)18-8-6-5-7-9-18/h5-12,15,17,19H,13-14H2,1-4H3/t17-,19-/m0/s1. The molecule has 2 aromatic rings. The summed E-state index contributed by atoms with van der Waals surface area (Å²) in [5.41, 5.74) is 3.12. The van der Waals surface area contributed by atoms with Crippen molar-refractivity contribution < 1.29 is 14.3 Å². The van der Waals surface area contributed by atoms with Crippen molar-refractivity contribution in [2.45, 2.75) is 46.1 Å². The molecule has 1 saturated heterocycles. The highest BCUT2D eigenvalue weighted by molar-refractivity contribution is 5.88. The summed E-state index contributed by atoms with van der Waals surface area (Å²) in [4.78, 5) is 27.0. The second-order valence-corrected chi connectivity index (χ2v) is 7.65. The smallest absolute Gasteiger partial charge is 0.316 e. The fourth-order valence-electron chi connectivity index (χ4n) is 3.57. The maximum atomic E-state index is 12.7. The Kier molecular flexibility index (Phi) is 5.64. The lowest BCUT2D eigenvalue weighted by Crippen LogP contribution is -2.30. The number of benzene rings is 2. The van der Waals surface area contributed by atoms with Crippen LogP contribution in [-0.4, -0.2) is 23.3 Å². The first-order chi connectivity index (χ1) is 12.9. The van der Waals surface area contributed by atoms with Gasteiger partial charge in [-0.1, -0.05) is 56.3 Å². The van der Waals surface area contributed by atoms with Crippen molar-refractivity contribution in [2.75, 3.05) is 6.54 Å². The van der Waals surface area contributed by atoms with Gasteiger partial charge in [0.2, 0.25) is 5.91 Å². The molecular weight excluding hydrogens is 338 g/mol. The summed E-state index contributed by atoms with van der Waals surface area (Å²) in [5.74, 6) is 0.120. The predicted molar refractivity (Wildman–Crippen MR) is 106 cm³/mol. The summed E-state index contributed by atoms with van der Waals surface area (Å²) in [6.07, 6.45) is 0.207. The molecular formula is C23H27NO3. The molecule has 0 bridgehead atoms. The highest BCUT2D eigenvalue weighted by atomic mass is 16.5. The minimum absolute atomic E-state index is 0.00151. The van der Waals surface area contributed by atoms with Gasteiger partial charge in [-0.15, -0.1) is 0 Å². The Morgan fingerprint density at radius 3 is 2.48 bits per heavy atom. The molecule has 1 fully saturated rings. The number of likely N-dealkylation sites (tertiary alicyclic amines) is 1. The number of carbonyl (C=O) groups is 2. The molecule has 0 N–H and O–H groups in total. The fourth-order valence-corrected chi connectivity index (χ4v) is 3.57. The van der Waals surface area contributed by atoms with E-state index in [1.807, 2.05) is 62.4 Å². The minimum atomic E-state index is -0.427. The molecule has 1 aliphatic heterocycles. The van der Waals surface area contributed by atoms with Gasteiger partial charge in [-0.05, 0) is 42.5 Å². The summed E-state index contributed by atoms with van der Waals surface area (Å²) >= 11 is 0. The molecule has 2 aromatic carbocycles. The zero-order valence-corrected chi connectivity index (χ0v) is 16.4. The number of nitrogens with zero attached hydrogens (tertiary/aromatic N) is 1. The van der Waals surface area contributed by atoms with Gasteiger partial charge in [-0.3, -0.25) is 9.59 Å². The number of ether oxygens (including phenoxy) is 1. The van der Waals surface area contributed by atoms with Crippen LogP contribution in [0.4, 0.5) is 0 Å². The van der Waals surface area contributed by atoms with E-state index in [4.69, 9.17) is 4.74 Å². The average molecular weight is 365 g/mol. The lowest BCUT2D eigenvalue weighted by atomic mass is 10.0. The predicted octanol–water partition coefficient (Wildman–Crippen LogP) is 4.63. The van der Waals surface area contributed by atoms with Crippen molar-refractivity contribution in [3.05, 3.63) is 65.2 Å². The number of hydrogen-bond acceptors (Lipinski definition) is 3. The Labute approximate surface area is 161 Å². The van der Waals surface area contributed by atoms with Crippen molar-refractivity contribution in [3.63, 3.8) is 0 Å². The van der Waals surface area contributed by atoms with E-state index in [0.717, 1.165) is 16.7 Å². The average Bonchev–Trinajstić information content (AvgIpc) is 3.03. The van der Waals surface area contributed by atoms with Crippen molar-refractivity contribution in [2.24, 2.45) is 5.92 Å². The van der Waals surface area contributed by atoms with Gasteiger partial charge < -0.3 is 9.64 Å². The van der Waals surface area contributed by atoms with E-state index in [1.54, 1.807) is 4.90 Å². The van der Waals surface area contributed by atoms with Gasteiger partial charge in [0.05, 0.1) is 12.0 Å². The Balaban J connectivity index is 1.72. The van der Waals surface area contributed by atoms with E-state index in [0.29, 0.717) is 12.3 Å². The topological polar surface area (TPSA) is 46.6 Å². The fraction of sp³-hybridized carbons (Fsp3) is 0.391. The quantitative estimate of drug-likeness (QED) is 0.573. The number of hydrogen-bond donors (Lipinski definition) is 0. The molecule has 4 nitrogen and oxygen atoms in total. The number of aryl methyl sites for hydroxylation is 1. The lowest BCUT2D eigenvalue weighted by molar-refractivity contribution is -0.139. The van der Waals surface area contributed by atoms with Crippen LogP contribution in [-0.2, 0) is 9.59 Å². The molecule has 142 valence electrons. The molecule has 3 rings (SSSR count). The molecule has 4 heteroatoms. The zero-order valence-electron chi connectivity index (χ0n) is 16.4. The molecule has 0 saturated carbocycles. The zero-order chi connectivity index (χ0) is 19.6. The highest BCUT2D eigenvalue weighted by Crippen LogP contribution is 2.32. The molecule has 0 radical (unpaired) electrons. The number of esters is 1. The maximum Gasteiger partial charge on any atom is 0.316 e. The normalized spacial score (nSPS) is 18.0. The summed E-state index contributed by atoms with van der Waals surface area (Å²) in [6.45, 7) is 8.52. The van der Waals surface area contributed by atoms with Gasteiger partial charge >= 0.3 is 5.97 Å². The van der Waals surface area contributed by atoms with E-state index >= 15 is 0 Å². The Hall–Kier alpha value is -2.62. The van der Waals surface area contributed by atoms with Crippen LogP contribution in [0.15, 0.2) is 48.5 Å². The molecule has 1 heterocycles. The van der Waals surface area contributed by atoms with Crippen LogP contribution in [0, 0.1) is 12.8 Å². The second-order valence-electron chi connectivity index (χ2n) is 7.65. The number of rotatable bonds is 5. The molecule has 0 aliphatic carbocycles. The minimum Gasteiger partial charge on any atom is -0.426 e. The molecule has 0 aromatic heterocycles. The third kappa shape index (κ3) is 4.21. The Morgan fingerprint density at radius 2 is 1.81 bits per heavy atom. The van der Waals surface area contributed by atoms with Crippen LogP contribution >= 0.6 is 0 Å². The van der Waals surface area contributed by atoms with Crippen LogP contribution in [0.5, 0.6) is 5.75 Å². The van der Waals surface area contributed by atoms with Crippen LogP contribution in [0.25, 0.3) is 0 Å². The van der Waals surface area contributed by atoms with Gasteiger partial charge in [0.15, 0.2) is 0 Å². The lowest BCUT2D eigenvalue weighted by Gasteiger charge is -2.25. The molecule has 1 aliphatic rings. The Bertz CT molecular complexity index is 829. The molecule has 0 spiro atoms. The molecule has 0 unspecified atom stereocenters. The largest absolute Gasteiger partial charge is 0.426 e. The van der Waals surface area contributed by atoms with Crippen LogP contribution in [0.1, 0.15) is 55.8 Å². The molecule has 27 heavy (non-hydrogen) atoms. The van der Waals surface area contributed by atoms with Crippen molar-refractivity contribution in [1.29, 1.82) is 0 Å². The van der Waals surface area contributed by atoms with Crippen molar-refractivity contribution in [1.82, 2.24) is 4.90 Å². The third-order valence-electron chi connectivity index (χ3n) is 5.24.